The summed E-state index contributed by atoms with van der Waals surface area (Å²) in [5.41, 5.74) is 6.88. The number of amides is 1. The number of hydrogen-bond acceptors (Lipinski definition) is 2. The Morgan fingerprint density at radius 2 is 1.83 bits per heavy atom. The van der Waals surface area contributed by atoms with E-state index in [1.165, 1.54) is 6.42 Å². The molecule has 1 aliphatic carbocycles. The summed E-state index contributed by atoms with van der Waals surface area (Å²) in [5.74, 6) is 0.0921. The highest BCUT2D eigenvalue weighted by atomic mass is 16.2. The van der Waals surface area contributed by atoms with Gasteiger partial charge in [-0.15, -0.1) is 0 Å². The highest BCUT2D eigenvalue weighted by Crippen LogP contribution is 2.33. The summed E-state index contributed by atoms with van der Waals surface area (Å²) in [6.07, 6.45) is 3.37. The van der Waals surface area contributed by atoms with E-state index < -0.39 is 5.41 Å². The van der Waals surface area contributed by atoms with Crippen molar-refractivity contribution in [1.29, 1.82) is 0 Å². The van der Waals surface area contributed by atoms with Crippen LogP contribution in [0.5, 0.6) is 0 Å². The molecule has 1 saturated carbocycles. The first kappa shape index (κ1) is 12.9. The van der Waals surface area contributed by atoms with Gasteiger partial charge in [-0.2, -0.15) is 0 Å². The van der Waals surface area contributed by atoms with E-state index in [1.807, 2.05) is 38.1 Å². The molecule has 2 rings (SSSR count). The Hall–Kier alpha value is -1.51. The van der Waals surface area contributed by atoms with Crippen LogP contribution in [0.3, 0.4) is 0 Å². The zero-order chi connectivity index (χ0) is 13.4. The molecular formula is C15H22N2O. The van der Waals surface area contributed by atoms with Crippen molar-refractivity contribution in [2.24, 2.45) is 0 Å². The maximum atomic E-state index is 12.4. The fourth-order valence-electron chi connectivity index (χ4n) is 2.29. The molecule has 1 fully saturated rings. The normalized spacial score (nSPS) is 17.9. The number of nitrogens with two attached hydrogens (primary N) is 1. The summed E-state index contributed by atoms with van der Waals surface area (Å²) >= 11 is 0. The van der Waals surface area contributed by atoms with E-state index in [2.05, 4.69) is 12.2 Å². The van der Waals surface area contributed by atoms with E-state index in [-0.39, 0.29) is 11.4 Å². The minimum Gasteiger partial charge on any atom is -0.399 e. The van der Waals surface area contributed by atoms with Crippen molar-refractivity contribution >= 4 is 11.6 Å². The first-order chi connectivity index (χ1) is 8.33. The van der Waals surface area contributed by atoms with Crippen LogP contribution in [0.4, 0.5) is 5.69 Å². The molecule has 0 aromatic heterocycles. The molecular weight excluding hydrogens is 224 g/mol. The number of carbonyl (C=O) groups excluding carboxylic acids is 1. The minimum absolute atomic E-state index is 0.00214. The lowest BCUT2D eigenvalue weighted by Crippen LogP contribution is -2.55. The molecule has 3 N–H and O–H groups in total. The van der Waals surface area contributed by atoms with E-state index in [4.69, 9.17) is 5.73 Å². The molecule has 18 heavy (non-hydrogen) atoms. The van der Waals surface area contributed by atoms with E-state index >= 15 is 0 Å². The first-order valence-corrected chi connectivity index (χ1v) is 6.52. The van der Waals surface area contributed by atoms with Gasteiger partial charge >= 0.3 is 0 Å². The molecule has 0 radical (unpaired) electrons. The molecule has 0 spiro atoms. The predicted octanol–water partition coefficient (Wildman–Crippen LogP) is 2.61. The number of nitrogen functional groups attached to an aromatic ring is 1. The Balaban J connectivity index is 2.14. The number of nitrogens with one attached hydrogen (secondary N) is 1. The maximum absolute atomic E-state index is 12.4. The zero-order valence-electron chi connectivity index (χ0n) is 11.4. The van der Waals surface area contributed by atoms with Gasteiger partial charge < -0.3 is 11.1 Å². The Labute approximate surface area is 109 Å². The summed E-state index contributed by atoms with van der Waals surface area (Å²) in [7, 11) is 0. The lowest BCUT2D eigenvalue weighted by molar-refractivity contribution is -0.128. The number of hydrogen-bond donors (Lipinski definition) is 2. The van der Waals surface area contributed by atoms with Gasteiger partial charge in [0.2, 0.25) is 5.91 Å². The van der Waals surface area contributed by atoms with Crippen LogP contribution in [0.15, 0.2) is 24.3 Å². The van der Waals surface area contributed by atoms with Gasteiger partial charge in [0.1, 0.15) is 0 Å². The number of carbonyl (C=O) groups is 1. The molecule has 0 aliphatic heterocycles. The second-order valence-electron chi connectivity index (χ2n) is 6.12. The van der Waals surface area contributed by atoms with Crippen LogP contribution in [0.1, 0.15) is 45.6 Å². The molecule has 0 atom stereocenters. The van der Waals surface area contributed by atoms with Crippen LogP contribution in [0.25, 0.3) is 0 Å². The third-order valence-corrected chi connectivity index (χ3v) is 4.07. The van der Waals surface area contributed by atoms with Gasteiger partial charge in [0.25, 0.3) is 0 Å². The lowest BCUT2D eigenvalue weighted by atomic mass is 9.76. The number of benzene rings is 1. The summed E-state index contributed by atoms with van der Waals surface area (Å²) in [6, 6.07) is 7.54. The molecule has 1 amide bonds. The quantitative estimate of drug-likeness (QED) is 0.805. The summed E-state index contributed by atoms with van der Waals surface area (Å²) in [6.45, 7) is 6.03. The predicted molar refractivity (Wildman–Crippen MR) is 74.3 cm³/mol. The van der Waals surface area contributed by atoms with Crippen LogP contribution in [-0.4, -0.2) is 11.4 Å². The molecule has 98 valence electrons. The van der Waals surface area contributed by atoms with Gasteiger partial charge in [-0.3, -0.25) is 4.79 Å². The standard InChI is InChI=1S/C15H22N2O/c1-14(2,11-5-7-12(16)8-6-11)13(18)17-15(3)9-4-10-15/h5-8H,4,9-10,16H2,1-3H3,(H,17,18). The average molecular weight is 246 g/mol. The second-order valence-corrected chi connectivity index (χ2v) is 6.12. The Morgan fingerprint density at radius 1 is 1.28 bits per heavy atom. The van der Waals surface area contributed by atoms with Crippen molar-refractivity contribution in [3.05, 3.63) is 29.8 Å². The van der Waals surface area contributed by atoms with Crippen molar-refractivity contribution in [2.75, 3.05) is 5.73 Å². The van der Waals surface area contributed by atoms with Crippen LogP contribution in [-0.2, 0) is 10.2 Å². The van der Waals surface area contributed by atoms with E-state index in [0.717, 1.165) is 24.1 Å². The Kier molecular flexibility index (Phi) is 3.09. The first-order valence-electron chi connectivity index (χ1n) is 6.52. The zero-order valence-corrected chi connectivity index (χ0v) is 11.4. The summed E-state index contributed by atoms with van der Waals surface area (Å²) in [4.78, 5) is 12.4. The fourth-order valence-corrected chi connectivity index (χ4v) is 2.29. The molecule has 1 aromatic carbocycles. The van der Waals surface area contributed by atoms with Gasteiger partial charge in [0, 0.05) is 11.2 Å². The third kappa shape index (κ3) is 2.35. The molecule has 1 aromatic rings. The lowest BCUT2D eigenvalue weighted by Gasteiger charge is -2.41. The third-order valence-electron chi connectivity index (χ3n) is 4.07. The summed E-state index contributed by atoms with van der Waals surface area (Å²) in [5, 5.41) is 3.18. The molecule has 0 unspecified atom stereocenters. The van der Waals surface area contributed by atoms with Crippen molar-refractivity contribution < 1.29 is 4.79 Å². The van der Waals surface area contributed by atoms with Gasteiger partial charge in [0.05, 0.1) is 5.41 Å². The number of anilines is 1. The monoisotopic (exact) mass is 246 g/mol. The second kappa shape index (κ2) is 4.30. The van der Waals surface area contributed by atoms with Gasteiger partial charge in [-0.1, -0.05) is 12.1 Å². The SMILES string of the molecule is CC1(NC(=O)C(C)(C)c2ccc(N)cc2)CCC1. The molecule has 3 nitrogen and oxygen atoms in total. The highest BCUT2D eigenvalue weighted by Gasteiger charge is 2.38. The van der Waals surface area contributed by atoms with Crippen LogP contribution in [0.2, 0.25) is 0 Å². The summed E-state index contributed by atoms with van der Waals surface area (Å²) < 4.78 is 0. The molecule has 1 aliphatic rings. The van der Waals surface area contributed by atoms with Crippen molar-refractivity contribution in [2.45, 2.75) is 51.0 Å². The highest BCUT2D eigenvalue weighted by molar-refractivity contribution is 5.88. The van der Waals surface area contributed by atoms with Gasteiger partial charge in [-0.25, -0.2) is 0 Å². The van der Waals surface area contributed by atoms with E-state index in [0.29, 0.717) is 0 Å². The van der Waals surface area contributed by atoms with Crippen molar-refractivity contribution in [3.63, 3.8) is 0 Å². The van der Waals surface area contributed by atoms with E-state index in [1.54, 1.807) is 0 Å². The average Bonchev–Trinajstić information content (AvgIpc) is 2.27. The topological polar surface area (TPSA) is 55.1 Å². The smallest absolute Gasteiger partial charge is 0.230 e. The van der Waals surface area contributed by atoms with Crippen LogP contribution < -0.4 is 11.1 Å². The van der Waals surface area contributed by atoms with Gasteiger partial charge in [-0.05, 0) is 57.7 Å². The fraction of sp³-hybridized carbons (Fsp3) is 0.533. The molecule has 3 heteroatoms. The molecule has 0 bridgehead atoms. The Bertz CT molecular complexity index is 444. The molecule has 0 saturated heterocycles. The van der Waals surface area contributed by atoms with Gasteiger partial charge in [0.15, 0.2) is 0 Å². The van der Waals surface area contributed by atoms with E-state index in [9.17, 15) is 4.79 Å². The maximum Gasteiger partial charge on any atom is 0.230 e. The number of rotatable bonds is 3. The minimum atomic E-state index is -0.522. The molecule has 0 heterocycles. The largest absolute Gasteiger partial charge is 0.399 e. The Morgan fingerprint density at radius 3 is 2.28 bits per heavy atom. The van der Waals surface area contributed by atoms with Crippen molar-refractivity contribution in [3.8, 4) is 0 Å². The van der Waals surface area contributed by atoms with Crippen molar-refractivity contribution in [1.82, 2.24) is 5.32 Å². The van der Waals surface area contributed by atoms with Crippen LogP contribution >= 0.6 is 0 Å². The van der Waals surface area contributed by atoms with Crippen LogP contribution in [0, 0.1) is 0 Å².